The Bertz CT molecular complexity index is 297. The zero-order chi connectivity index (χ0) is 10.7. The van der Waals surface area contributed by atoms with Crippen LogP contribution in [0.3, 0.4) is 0 Å². The summed E-state index contributed by atoms with van der Waals surface area (Å²) in [7, 11) is 2.11. The van der Waals surface area contributed by atoms with Gasteiger partial charge >= 0.3 is 0 Å². The minimum Gasteiger partial charge on any atom is -0.472 e. The molecule has 15 heavy (non-hydrogen) atoms. The lowest BCUT2D eigenvalue weighted by Crippen LogP contribution is -2.32. The molecular weight excluding hydrogens is 190 g/mol. The molecule has 1 unspecified atom stereocenters. The van der Waals surface area contributed by atoms with Crippen LogP contribution < -0.4 is 0 Å². The summed E-state index contributed by atoms with van der Waals surface area (Å²) in [6, 6.07) is 1.94. The SMILES string of the molecule is CN1CCCC(O)(Cc2ccoc2)CC1. The van der Waals surface area contributed by atoms with Gasteiger partial charge in [0, 0.05) is 13.0 Å². The van der Waals surface area contributed by atoms with Crippen LogP contribution in [0.2, 0.25) is 0 Å². The highest BCUT2D eigenvalue weighted by molar-refractivity contribution is 5.09. The van der Waals surface area contributed by atoms with Crippen molar-refractivity contribution in [1.82, 2.24) is 4.90 Å². The lowest BCUT2D eigenvalue weighted by molar-refractivity contribution is 0.0262. The summed E-state index contributed by atoms with van der Waals surface area (Å²) < 4.78 is 5.03. The molecule has 0 saturated carbocycles. The van der Waals surface area contributed by atoms with E-state index in [1.165, 1.54) is 0 Å². The fraction of sp³-hybridized carbons (Fsp3) is 0.667. The van der Waals surface area contributed by atoms with Crippen LogP contribution in [0.15, 0.2) is 23.0 Å². The van der Waals surface area contributed by atoms with Gasteiger partial charge in [0.2, 0.25) is 0 Å². The van der Waals surface area contributed by atoms with Crippen LogP contribution in [0.4, 0.5) is 0 Å². The molecule has 0 spiro atoms. The summed E-state index contributed by atoms with van der Waals surface area (Å²) in [5, 5.41) is 10.5. The lowest BCUT2D eigenvalue weighted by atomic mass is 9.89. The van der Waals surface area contributed by atoms with Crippen molar-refractivity contribution in [3.05, 3.63) is 24.2 Å². The number of aliphatic hydroxyl groups is 1. The molecule has 1 N–H and O–H groups in total. The maximum absolute atomic E-state index is 10.5. The topological polar surface area (TPSA) is 36.6 Å². The number of rotatable bonds is 2. The average molecular weight is 209 g/mol. The van der Waals surface area contributed by atoms with Crippen LogP contribution in [0.5, 0.6) is 0 Å². The van der Waals surface area contributed by atoms with Crippen LogP contribution in [-0.2, 0) is 6.42 Å². The third-order valence-corrected chi connectivity index (χ3v) is 3.25. The van der Waals surface area contributed by atoms with Gasteiger partial charge in [0.1, 0.15) is 0 Å². The average Bonchev–Trinajstić information content (AvgIpc) is 2.61. The molecule has 1 atom stereocenters. The maximum atomic E-state index is 10.5. The Morgan fingerprint density at radius 3 is 3.07 bits per heavy atom. The summed E-state index contributed by atoms with van der Waals surface area (Å²) in [5.74, 6) is 0. The molecule has 0 aliphatic carbocycles. The molecule has 1 aliphatic heterocycles. The molecule has 0 bridgehead atoms. The second-order valence-corrected chi connectivity index (χ2v) is 4.69. The Hall–Kier alpha value is -0.800. The highest BCUT2D eigenvalue weighted by Gasteiger charge is 2.29. The van der Waals surface area contributed by atoms with Crippen molar-refractivity contribution < 1.29 is 9.52 Å². The summed E-state index contributed by atoms with van der Waals surface area (Å²) in [6.07, 6.45) is 6.94. The second kappa shape index (κ2) is 4.37. The van der Waals surface area contributed by atoms with Crippen molar-refractivity contribution in [1.29, 1.82) is 0 Å². The van der Waals surface area contributed by atoms with Gasteiger partial charge < -0.3 is 14.4 Å². The van der Waals surface area contributed by atoms with Crippen LogP contribution in [0.25, 0.3) is 0 Å². The van der Waals surface area contributed by atoms with Crippen LogP contribution >= 0.6 is 0 Å². The molecule has 3 heteroatoms. The first-order chi connectivity index (χ1) is 7.18. The molecule has 1 fully saturated rings. The third-order valence-electron chi connectivity index (χ3n) is 3.25. The van der Waals surface area contributed by atoms with Crippen molar-refractivity contribution in [3.63, 3.8) is 0 Å². The number of hydrogen-bond acceptors (Lipinski definition) is 3. The zero-order valence-electron chi connectivity index (χ0n) is 9.28. The first-order valence-electron chi connectivity index (χ1n) is 5.60. The molecule has 2 rings (SSSR count). The first kappa shape index (κ1) is 10.7. The molecule has 3 nitrogen and oxygen atoms in total. The quantitative estimate of drug-likeness (QED) is 0.805. The molecule has 1 aromatic rings. The lowest BCUT2D eigenvalue weighted by Gasteiger charge is -2.25. The van der Waals surface area contributed by atoms with Gasteiger partial charge in [-0.2, -0.15) is 0 Å². The van der Waals surface area contributed by atoms with Crippen LogP contribution in [0, 0.1) is 0 Å². The minimum absolute atomic E-state index is 0.533. The Labute approximate surface area is 90.7 Å². The predicted molar refractivity (Wildman–Crippen MR) is 58.7 cm³/mol. The number of nitrogens with zero attached hydrogens (tertiary/aromatic N) is 1. The standard InChI is InChI=1S/C12H19NO2/c1-13-6-2-4-12(14,5-7-13)9-11-3-8-15-10-11/h3,8,10,14H,2,4-7,9H2,1H3. The van der Waals surface area contributed by atoms with E-state index in [-0.39, 0.29) is 0 Å². The maximum Gasteiger partial charge on any atom is 0.0935 e. The highest BCUT2D eigenvalue weighted by Crippen LogP contribution is 2.26. The van der Waals surface area contributed by atoms with Crippen molar-refractivity contribution in [3.8, 4) is 0 Å². The van der Waals surface area contributed by atoms with Gasteiger partial charge in [-0.1, -0.05) is 0 Å². The molecule has 2 heterocycles. The molecule has 0 amide bonds. The molecule has 1 saturated heterocycles. The largest absolute Gasteiger partial charge is 0.472 e. The van der Waals surface area contributed by atoms with E-state index in [1.807, 2.05) is 6.07 Å². The van der Waals surface area contributed by atoms with E-state index in [2.05, 4.69) is 11.9 Å². The fourth-order valence-corrected chi connectivity index (χ4v) is 2.26. The minimum atomic E-state index is -0.533. The van der Waals surface area contributed by atoms with E-state index in [1.54, 1.807) is 12.5 Å². The van der Waals surface area contributed by atoms with Gasteiger partial charge in [-0.3, -0.25) is 0 Å². The molecule has 1 aromatic heterocycles. The van der Waals surface area contributed by atoms with Gasteiger partial charge in [-0.05, 0) is 44.5 Å². The molecule has 84 valence electrons. The van der Waals surface area contributed by atoms with Crippen molar-refractivity contribution in [2.75, 3.05) is 20.1 Å². The Balaban J connectivity index is 1.99. The van der Waals surface area contributed by atoms with Crippen LogP contribution in [0.1, 0.15) is 24.8 Å². The third kappa shape index (κ3) is 2.83. The highest BCUT2D eigenvalue weighted by atomic mass is 16.3. The summed E-state index contributed by atoms with van der Waals surface area (Å²) in [5.41, 5.74) is 0.566. The number of likely N-dealkylation sites (tertiary alicyclic amines) is 1. The summed E-state index contributed by atoms with van der Waals surface area (Å²) >= 11 is 0. The van der Waals surface area contributed by atoms with Crippen LogP contribution in [-0.4, -0.2) is 35.7 Å². The monoisotopic (exact) mass is 209 g/mol. The van der Waals surface area contributed by atoms with Gasteiger partial charge in [-0.15, -0.1) is 0 Å². The van der Waals surface area contributed by atoms with Crippen molar-refractivity contribution in [2.24, 2.45) is 0 Å². The Kier molecular flexibility index (Phi) is 3.12. The molecule has 0 aromatic carbocycles. The van der Waals surface area contributed by atoms with E-state index >= 15 is 0 Å². The molecule has 0 radical (unpaired) electrons. The first-order valence-corrected chi connectivity index (χ1v) is 5.60. The van der Waals surface area contributed by atoms with Crippen molar-refractivity contribution in [2.45, 2.75) is 31.3 Å². The van der Waals surface area contributed by atoms with E-state index in [0.29, 0.717) is 0 Å². The van der Waals surface area contributed by atoms with Crippen molar-refractivity contribution >= 4 is 0 Å². The summed E-state index contributed by atoms with van der Waals surface area (Å²) in [4.78, 5) is 2.29. The van der Waals surface area contributed by atoms with Gasteiger partial charge in [0.25, 0.3) is 0 Å². The Morgan fingerprint density at radius 2 is 2.33 bits per heavy atom. The van der Waals surface area contributed by atoms with Gasteiger partial charge in [0.15, 0.2) is 0 Å². The smallest absolute Gasteiger partial charge is 0.0935 e. The predicted octanol–water partition coefficient (Wildman–Crippen LogP) is 1.67. The van der Waals surface area contributed by atoms with Gasteiger partial charge in [-0.25, -0.2) is 0 Å². The van der Waals surface area contributed by atoms with Gasteiger partial charge in [0.05, 0.1) is 18.1 Å². The summed E-state index contributed by atoms with van der Waals surface area (Å²) in [6.45, 7) is 2.07. The second-order valence-electron chi connectivity index (χ2n) is 4.69. The zero-order valence-corrected chi connectivity index (χ0v) is 9.28. The number of hydrogen-bond donors (Lipinski definition) is 1. The normalized spacial score (nSPS) is 28.9. The fourth-order valence-electron chi connectivity index (χ4n) is 2.26. The molecular formula is C12H19NO2. The van der Waals surface area contributed by atoms with E-state index < -0.39 is 5.60 Å². The van der Waals surface area contributed by atoms with E-state index in [4.69, 9.17) is 4.42 Å². The Morgan fingerprint density at radius 1 is 1.47 bits per heavy atom. The van der Waals surface area contributed by atoms with E-state index in [9.17, 15) is 5.11 Å². The molecule has 1 aliphatic rings. The van der Waals surface area contributed by atoms with E-state index in [0.717, 1.165) is 44.3 Å². The number of furan rings is 1.